The second-order valence-electron chi connectivity index (χ2n) is 6.56. The van der Waals surface area contributed by atoms with Crippen molar-refractivity contribution in [2.75, 3.05) is 11.9 Å². The van der Waals surface area contributed by atoms with Crippen molar-refractivity contribution in [2.45, 2.75) is 39.3 Å². The number of nitrogens with one attached hydrogen (secondary N) is 2. The fourth-order valence-corrected chi connectivity index (χ4v) is 2.44. The van der Waals surface area contributed by atoms with Crippen LogP contribution in [0.5, 0.6) is 0 Å². The van der Waals surface area contributed by atoms with Gasteiger partial charge in [-0.2, -0.15) is 0 Å². The number of carbonyl (C=O) groups excluding carboxylic acids is 1. The lowest BCUT2D eigenvalue weighted by atomic mass is 10.0. The van der Waals surface area contributed by atoms with Crippen LogP contribution in [0.2, 0.25) is 0 Å². The molecule has 4 nitrogen and oxygen atoms in total. The summed E-state index contributed by atoms with van der Waals surface area (Å²) in [6.45, 7) is 6.26. The van der Waals surface area contributed by atoms with Crippen LogP contribution >= 0.6 is 0 Å². The average molecular weight is 326 g/mol. The predicted molar refractivity (Wildman–Crippen MR) is 98.2 cm³/mol. The summed E-state index contributed by atoms with van der Waals surface area (Å²) < 4.78 is 0. The second-order valence-corrected chi connectivity index (χ2v) is 6.56. The average Bonchev–Trinajstić information content (AvgIpc) is 2.60. The van der Waals surface area contributed by atoms with Gasteiger partial charge >= 0.3 is 0 Å². The van der Waals surface area contributed by atoms with Crippen molar-refractivity contribution in [3.8, 4) is 0 Å². The van der Waals surface area contributed by atoms with Gasteiger partial charge in [-0.05, 0) is 49.6 Å². The number of rotatable bonds is 7. The molecular weight excluding hydrogens is 300 g/mol. The predicted octanol–water partition coefficient (Wildman–Crippen LogP) is 3.36. The molecule has 128 valence electrons. The Morgan fingerprint density at radius 2 is 1.88 bits per heavy atom. The molecule has 0 atom stereocenters. The van der Waals surface area contributed by atoms with Gasteiger partial charge in [0.1, 0.15) is 0 Å². The molecule has 2 aromatic carbocycles. The Bertz CT molecular complexity index is 696. The number of benzene rings is 2. The number of aryl methyl sites for hydroxylation is 1. The molecule has 0 saturated carbocycles. The Hall–Kier alpha value is -2.33. The van der Waals surface area contributed by atoms with Crippen molar-refractivity contribution < 1.29 is 9.90 Å². The van der Waals surface area contributed by atoms with Gasteiger partial charge < -0.3 is 15.7 Å². The highest BCUT2D eigenvalue weighted by molar-refractivity contribution is 5.94. The standard InChI is InChI=1S/C20H26N2O2/c1-4-16-9-5-6-11-18(16)21-13-15-8-7-10-17(12-15)19(24)22-20(2,3)14-23/h5-12,21,23H,4,13-14H2,1-3H3,(H,22,24). The maximum Gasteiger partial charge on any atom is 0.251 e. The summed E-state index contributed by atoms with van der Waals surface area (Å²) in [5.74, 6) is -0.176. The first-order chi connectivity index (χ1) is 11.4. The molecule has 0 aromatic heterocycles. The van der Waals surface area contributed by atoms with Crippen LogP contribution in [0.3, 0.4) is 0 Å². The van der Waals surface area contributed by atoms with E-state index in [1.165, 1.54) is 5.56 Å². The minimum Gasteiger partial charge on any atom is -0.394 e. The van der Waals surface area contributed by atoms with E-state index in [0.29, 0.717) is 12.1 Å². The molecule has 0 aliphatic rings. The maximum atomic E-state index is 12.3. The van der Waals surface area contributed by atoms with Gasteiger partial charge in [-0.1, -0.05) is 37.3 Å². The third-order valence-corrected chi connectivity index (χ3v) is 3.92. The highest BCUT2D eigenvalue weighted by atomic mass is 16.3. The summed E-state index contributed by atoms with van der Waals surface area (Å²) in [6, 6.07) is 15.8. The fraction of sp³-hybridized carbons (Fsp3) is 0.350. The van der Waals surface area contributed by atoms with Crippen LogP contribution in [-0.2, 0) is 13.0 Å². The minimum atomic E-state index is -0.634. The zero-order valence-corrected chi connectivity index (χ0v) is 14.6. The van der Waals surface area contributed by atoms with Gasteiger partial charge in [-0.25, -0.2) is 0 Å². The molecule has 3 N–H and O–H groups in total. The zero-order valence-electron chi connectivity index (χ0n) is 14.6. The van der Waals surface area contributed by atoms with Crippen LogP contribution in [0.1, 0.15) is 42.3 Å². The Labute approximate surface area is 143 Å². The van der Waals surface area contributed by atoms with E-state index in [1.807, 2.05) is 30.3 Å². The maximum absolute atomic E-state index is 12.3. The monoisotopic (exact) mass is 326 g/mol. The topological polar surface area (TPSA) is 61.4 Å². The molecule has 0 unspecified atom stereocenters. The first-order valence-electron chi connectivity index (χ1n) is 8.29. The molecule has 0 heterocycles. The third kappa shape index (κ3) is 4.83. The largest absolute Gasteiger partial charge is 0.394 e. The van der Waals surface area contributed by atoms with Gasteiger partial charge in [0.05, 0.1) is 12.1 Å². The van der Waals surface area contributed by atoms with Gasteiger partial charge in [-0.3, -0.25) is 4.79 Å². The zero-order chi connectivity index (χ0) is 17.6. The molecule has 4 heteroatoms. The van der Waals surface area contributed by atoms with E-state index in [2.05, 4.69) is 29.7 Å². The number of anilines is 1. The van der Waals surface area contributed by atoms with Crippen molar-refractivity contribution in [1.29, 1.82) is 0 Å². The first kappa shape index (κ1) is 18.0. The normalized spacial score (nSPS) is 11.2. The molecule has 1 amide bonds. The van der Waals surface area contributed by atoms with E-state index in [9.17, 15) is 9.90 Å². The van der Waals surface area contributed by atoms with E-state index in [1.54, 1.807) is 19.9 Å². The highest BCUT2D eigenvalue weighted by Crippen LogP contribution is 2.17. The van der Waals surface area contributed by atoms with Gasteiger partial charge in [0.15, 0.2) is 0 Å². The van der Waals surface area contributed by atoms with Crippen LogP contribution < -0.4 is 10.6 Å². The lowest BCUT2D eigenvalue weighted by Crippen LogP contribution is -2.46. The number of aliphatic hydroxyl groups is 1. The molecule has 0 bridgehead atoms. The summed E-state index contributed by atoms with van der Waals surface area (Å²) in [4.78, 5) is 12.3. The Balaban J connectivity index is 2.06. The van der Waals surface area contributed by atoms with Crippen LogP contribution in [-0.4, -0.2) is 23.2 Å². The van der Waals surface area contributed by atoms with E-state index in [0.717, 1.165) is 17.7 Å². The van der Waals surface area contributed by atoms with Crippen LogP contribution in [0.15, 0.2) is 48.5 Å². The number of aliphatic hydroxyl groups excluding tert-OH is 1. The van der Waals surface area contributed by atoms with Crippen molar-refractivity contribution in [3.05, 3.63) is 65.2 Å². The van der Waals surface area contributed by atoms with Crippen molar-refractivity contribution >= 4 is 11.6 Å². The summed E-state index contributed by atoms with van der Waals surface area (Å²) in [5.41, 5.74) is 3.40. The molecule has 0 aliphatic carbocycles. The van der Waals surface area contributed by atoms with Crippen LogP contribution in [0, 0.1) is 0 Å². The van der Waals surface area contributed by atoms with Gasteiger partial charge in [0.25, 0.3) is 5.91 Å². The number of hydrogen-bond donors (Lipinski definition) is 3. The molecule has 24 heavy (non-hydrogen) atoms. The minimum absolute atomic E-state index is 0.103. The number of hydrogen-bond acceptors (Lipinski definition) is 3. The molecule has 0 fully saturated rings. The third-order valence-electron chi connectivity index (χ3n) is 3.92. The first-order valence-corrected chi connectivity index (χ1v) is 8.29. The Morgan fingerprint density at radius 1 is 1.12 bits per heavy atom. The number of amides is 1. The van der Waals surface area contributed by atoms with Gasteiger partial charge in [-0.15, -0.1) is 0 Å². The Morgan fingerprint density at radius 3 is 2.58 bits per heavy atom. The lowest BCUT2D eigenvalue weighted by Gasteiger charge is -2.23. The summed E-state index contributed by atoms with van der Waals surface area (Å²) >= 11 is 0. The number of carbonyl (C=O) groups is 1. The van der Waals surface area contributed by atoms with E-state index < -0.39 is 5.54 Å². The van der Waals surface area contributed by atoms with Gasteiger partial charge in [0.2, 0.25) is 0 Å². The highest BCUT2D eigenvalue weighted by Gasteiger charge is 2.20. The number of para-hydroxylation sites is 1. The van der Waals surface area contributed by atoms with Crippen LogP contribution in [0.25, 0.3) is 0 Å². The quantitative estimate of drug-likeness (QED) is 0.731. The molecule has 2 rings (SSSR count). The van der Waals surface area contributed by atoms with E-state index in [4.69, 9.17) is 0 Å². The molecule has 0 radical (unpaired) electrons. The lowest BCUT2D eigenvalue weighted by molar-refractivity contribution is 0.0869. The fourth-order valence-electron chi connectivity index (χ4n) is 2.44. The summed E-state index contributed by atoms with van der Waals surface area (Å²) in [5, 5.41) is 15.5. The van der Waals surface area contributed by atoms with E-state index >= 15 is 0 Å². The van der Waals surface area contributed by atoms with Crippen molar-refractivity contribution in [2.24, 2.45) is 0 Å². The molecule has 0 spiro atoms. The van der Waals surface area contributed by atoms with Crippen LogP contribution in [0.4, 0.5) is 5.69 Å². The Kier molecular flexibility index (Phi) is 5.99. The van der Waals surface area contributed by atoms with Crippen molar-refractivity contribution in [1.82, 2.24) is 5.32 Å². The summed E-state index contributed by atoms with van der Waals surface area (Å²) in [6.07, 6.45) is 0.974. The molecular formula is C20H26N2O2. The molecule has 0 aliphatic heterocycles. The molecule has 0 saturated heterocycles. The molecule has 2 aromatic rings. The summed E-state index contributed by atoms with van der Waals surface area (Å²) in [7, 11) is 0. The second kappa shape index (κ2) is 7.97. The van der Waals surface area contributed by atoms with Crippen molar-refractivity contribution in [3.63, 3.8) is 0 Å². The van der Waals surface area contributed by atoms with Gasteiger partial charge in [0, 0.05) is 17.8 Å². The SMILES string of the molecule is CCc1ccccc1NCc1cccc(C(=O)NC(C)(C)CO)c1. The smallest absolute Gasteiger partial charge is 0.251 e. The van der Waals surface area contributed by atoms with E-state index in [-0.39, 0.29) is 12.5 Å².